The molecular weight excluding hydrogens is 436 g/mol. The van der Waals surface area contributed by atoms with E-state index >= 15 is 0 Å². The summed E-state index contributed by atoms with van der Waals surface area (Å²) in [5.74, 6) is -0.152. The van der Waals surface area contributed by atoms with Crippen LogP contribution in [-0.2, 0) is 21.5 Å². The molecule has 0 bridgehead atoms. The molecule has 8 heteroatoms. The third kappa shape index (κ3) is 3.23. The second kappa shape index (κ2) is 7.66. The minimum atomic E-state index is -1.02. The predicted octanol–water partition coefficient (Wildman–Crippen LogP) is 3.40. The molecule has 168 valence electrons. The summed E-state index contributed by atoms with van der Waals surface area (Å²) in [5, 5.41) is 4.02. The van der Waals surface area contributed by atoms with E-state index in [-0.39, 0.29) is 18.4 Å². The van der Waals surface area contributed by atoms with Gasteiger partial charge in [-0.25, -0.2) is 9.78 Å². The van der Waals surface area contributed by atoms with Gasteiger partial charge in [0.05, 0.1) is 15.2 Å². The van der Waals surface area contributed by atoms with E-state index in [1.807, 2.05) is 42.5 Å². The molecule has 7 nitrogen and oxygen atoms in total. The third-order valence-electron chi connectivity index (χ3n) is 7.22. The van der Waals surface area contributed by atoms with Crippen molar-refractivity contribution in [3.05, 3.63) is 64.7 Å². The van der Waals surface area contributed by atoms with Gasteiger partial charge in [0.25, 0.3) is 5.91 Å². The number of hydrogen-bond donors (Lipinski definition) is 1. The molecule has 2 fully saturated rings. The minimum absolute atomic E-state index is 0.176. The summed E-state index contributed by atoms with van der Waals surface area (Å²) in [4.78, 5) is 46.7. The van der Waals surface area contributed by atoms with Crippen LogP contribution in [-0.4, -0.2) is 52.3 Å². The molecular formula is C25H24N4O3S. The van der Waals surface area contributed by atoms with E-state index < -0.39 is 11.6 Å². The van der Waals surface area contributed by atoms with E-state index in [1.54, 1.807) is 16.2 Å². The molecule has 0 radical (unpaired) electrons. The molecule has 0 unspecified atom stereocenters. The van der Waals surface area contributed by atoms with E-state index in [2.05, 4.69) is 11.4 Å². The number of amides is 4. The summed E-state index contributed by atoms with van der Waals surface area (Å²) < 4.78 is 1.19. The zero-order chi connectivity index (χ0) is 22.6. The maximum Gasteiger partial charge on any atom is 0.325 e. The lowest BCUT2D eigenvalue weighted by Crippen LogP contribution is -2.46. The quantitative estimate of drug-likeness (QED) is 0.608. The van der Waals surface area contributed by atoms with E-state index in [1.165, 1.54) is 4.70 Å². The zero-order valence-corrected chi connectivity index (χ0v) is 18.9. The average molecular weight is 461 g/mol. The molecule has 2 aromatic carbocycles. The van der Waals surface area contributed by atoms with Crippen molar-refractivity contribution in [2.75, 3.05) is 19.6 Å². The molecule has 6 rings (SSSR count). The Morgan fingerprint density at radius 2 is 1.85 bits per heavy atom. The Kier molecular flexibility index (Phi) is 4.72. The number of hydrogen-bond acceptors (Lipinski definition) is 5. The molecule has 3 heterocycles. The first-order valence-electron chi connectivity index (χ1n) is 11.4. The molecule has 3 aromatic rings. The predicted molar refractivity (Wildman–Crippen MR) is 125 cm³/mol. The first-order valence-corrected chi connectivity index (χ1v) is 12.2. The molecule has 2 aliphatic heterocycles. The van der Waals surface area contributed by atoms with Crippen LogP contribution in [0.5, 0.6) is 0 Å². The van der Waals surface area contributed by atoms with Crippen molar-refractivity contribution < 1.29 is 14.4 Å². The summed E-state index contributed by atoms with van der Waals surface area (Å²) in [5.41, 5.74) is 1.94. The van der Waals surface area contributed by atoms with Crippen molar-refractivity contribution in [2.45, 2.75) is 37.1 Å². The second-order valence-electron chi connectivity index (χ2n) is 9.06. The Morgan fingerprint density at radius 1 is 1.09 bits per heavy atom. The van der Waals surface area contributed by atoms with Crippen LogP contribution in [0.2, 0.25) is 0 Å². The summed E-state index contributed by atoms with van der Waals surface area (Å²) in [6, 6.07) is 15.4. The number of thiazole rings is 1. The largest absolute Gasteiger partial charge is 0.341 e. The number of benzene rings is 2. The number of para-hydroxylation sites is 1. The maximum atomic E-state index is 13.3. The Labute approximate surface area is 195 Å². The molecule has 1 N–H and O–H groups in total. The highest BCUT2D eigenvalue weighted by atomic mass is 32.1. The highest BCUT2D eigenvalue weighted by Crippen LogP contribution is 2.41. The summed E-state index contributed by atoms with van der Waals surface area (Å²) >= 11 is 1.72. The molecule has 1 aliphatic carbocycles. The average Bonchev–Trinajstić information content (AvgIpc) is 3.50. The number of rotatable bonds is 3. The van der Waals surface area contributed by atoms with Crippen LogP contribution in [0, 0.1) is 0 Å². The molecule has 2 saturated heterocycles. The minimum Gasteiger partial charge on any atom is -0.341 e. The lowest BCUT2D eigenvalue weighted by atomic mass is 9.92. The van der Waals surface area contributed by atoms with Crippen molar-refractivity contribution in [2.24, 2.45) is 0 Å². The smallest absolute Gasteiger partial charge is 0.325 e. The van der Waals surface area contributed by atoms with Crippen LogP contribution in [0.1, 0.15) is 41.3 Å². The molecule has 33 heavy (non-hydrogen) atoms. The fraction of sp³-hybridized carbons (Fsp3) is 0.360. The Balaban J connectivity index is 1.12. The van der Waals surface area contributed by atoms with Gasteiger partial charge in [0.1, 0.15) is 12.1 Å². The summed E-state index contributed by atoms with van der Waals surface area (Å²) in [7, 11) is 0. The van der Waals surface area contributed by atoms with Crippen LogP contribution >= 0.6 is 11.3 Å². The molecule has 4 amide bonds. The number of nitrogens with one attached hydrogen (secondary N) is 1. The number of fused-ring (bicyclic) bond motifs is 3. The highest BCUT2D eigenvalue weighted by Gasteiger charge is 2.55. The fourth-order valence-corrected chi connectivity index (χ4v) is 6.55. The fourth-order valence-electron chi connectivity index (χ4n) is 5.41. The molecule has 1 spiro atoms. The van der Waals surface area contributed by atoms with Gasteiger partial charge in [-0.1, -0.05) is 36.4 Å². The van der Waals surface area contributed by atoms with Gasteiger partial charge in [-0.15, -0.1) is 11.3 Å². The van der Waals surface area contributed by atoms with Crippen molar-refractivity contribution >= 4 is 39.4 Å². The number of piperidine rings is 1. The SMILES string of the molecule is O=C(CN1C(=O)N[C@@]2(CCc3ccccc32)C1=O)N1CCC(c2nc3ccccc3s2)CC1. The van der Waals surface area contributed by atoms with Crippen molar-refractivity contribution in [1.29, 1.82) is 0 Å². The Hall–Kier alpha value is -3.26. The summed E-state index contributed by atoms with van der Waals surface area (Å²) in [6.45, 7) is 1.01. The first-order chi connectivity index (χ1) is 16.0. The van der Waals surface area contributed by atoms with Crippen molar-refractivity contribution in [3.63, 3.8) is 0 Å². The number of imide groups is 1. The van der Waals surface area contributed by atoms with Gasteiger partial charge in [0.15, 0.2) is 0 Å². The number of urea groups is 1. The lowest BCUT2D eigenvalue weighted by molar-refractivity contribution is -0.139. The first kappa shape index (κ1) is 20.4. The number of aryl methyl sites for hydroxylation is 1. The Morgan fingerprint density at radius 3 is 2.67 bits per heavy atom. The number of nitrogens with zero attached hydrogens (tertiary/aromatic N) is 3. The number of carbonyl (C=O) groups excluding carboxylic acids is 3. The molecule has 1 atom stereocenters. The van der Waals surface area contributed by atoms with Gasteiger partial charge in [0, 0.05) is 19.0 Å². The highest BCUT2D eigenvalue weighted by molar-refractivity contribution is 7.18. The Bertz CT molecular complexity index is 1250. The third-order valence-corrected chi connectivity index (χ3v) is 8.42. The van der Waals surface area contributed by atoms with Gasteiger partial charge in [-0.3, -0.25) is 14.5 Å². The van der Waals surface area contributed by atoms with Crippen LogP contribution in [0.25, 0.3) is 10.2 Å². The van der Waals surface area contributed by atoms with Gasteiger partial charge in [0.2, 0.25) is 5.91 Å². The normalized spacial score (nSPS) is 22.9. The van der Waals surface area contributed by atoms with E-state index in [4.69, 9.17) is 4.98 Å². The molecule has 3 aliphatic rings. The zero-order valence-electron chi connectivity index (χ0n) is 18.1. The van der Waals surface area contributed by atoms with E-state index in [0.717, 1.165) is 45.8 Å². The maximum absolute atomic E-state index is 13.3. The van der Waals surface area contributed by atoms with E-state index in [0.29, 0.717) is 25.4 Å². The van der Waals surface area contributed by atoms with Crippen molar-refractivity contribution in [3.8, 4) is 0 Å². The molecule has 0 saturated carbocycles. The van der Waals surface area contributed by atoms with Gasteiger partial charge in [-0.2, -0.15) is 0 Å². The number of likely N-dealkylation sites (tertiary alicyclic amines) is 1. The van der Waals surface area contributed by atoms with Gasteiger partial charge in [-0.05, 0) is 48.9 Å². The van der Waals surface area contributed by atoms with Gasteiger partial charge < -0.3 is 10.2 Å². The molecule has 1 aromatic heterocycles. The van der Waals surface area contributed by atoms with Crippen LogP contribution < -0.4 is 5.32 Å². The summed E-state index contributed by atoms with van der Waals surface area (Å²) in [6.07, 6.45) is 2.95. The number of carbonyl (C=O) groups is 3. The van der Waals surface area contributed by atoms with Crippen LogP contribution in [0.3, 0.4) is 0 Å². The lowest BCUT2D eigenvalue weighted by Gasteiger charge is -2.32. The van der Waals surface area contributed by atoms with Crippen molar-refractivity contribution in [1.82, 2.24) is 20.1 Å². The monoisotopic (exact) mass is 460 g/mol. The van der Waals surface area contributed by atoms with Crippen LogP contribution in [0.4, 0.5) is 4.79 Å². The van der Waals surface area contributed by atoms with E-state index in [9.17, 15) is 14.4 Å². The van der Waals surface area contributed by atoms with Gasteiger partial charge >= 0.3 is 6.03 Å². The van der Waals surface area contributed by atoms with Crippen LogP contribution in [0.15, 0.2) is 48.5 Å². The number of aromatic nitrogens is 1. The standard InChI is InChI=1S/C25H24N4O3S/c30-21(28-13-10-17(11-14-28)22-26-19-7-3-4-8-20(19)33-22)15-29-23(31)25(27-24(29)32)12-9-16-5-1-2-6-18(16)25/h1-8,17H,9-15H2,(H,27,32)/t25-/m1/s1. The second-order valence-corrected chi connectivity index (χ2v) is 10.1. The topological polar surface area (TPSA) is 82.6 Å².